The molecule has 1 aliphatic heterocycles. The number of nitrogens with one attached hydrogen (secondary N) is 1. The van der Waals surface area contributed by atoms with Crippen LogP contribution in [0.25, 0.3) is 10.9 Å². The van der Waals surface area contributed by atoms with Crippen LogP contribution in [0, 0.1) is 0 Å². The number of aromatic nitrogens is 1. The summed E-state index contributed by atoms with van der Waals surface area (Å²) in [5, 5.41) is 2.59. The summed E-state index contributed by atoms with van der Waals surface area (Å²) in [6, 6.07) is 7.84. The van der Waals surface area contributed by atoms with Gasteiger partial charge in [0.1, 0.15) is 17.2 Å². The molecule has 0 bridgehead atoms. The van der Waals surface area contributed by atoms with E-state index < -0.39 is 0 Å². The molecule has 0 unspecified atom stereocenters. The van der Waals surface area contributed by atoms with E-state index in [-0.39, 0.29) is 18.3 Å². The number of para-hydroxylation sites is 1. The molecule has 2 aromatic rings. The second-order valence-corrected chi connectivity index (χ2v) is 5.72. The normalized spacial score (nSPS) is 12.9. The molecule has 3 rings (SSSR count). The number of hydrogen-bond acceptors (Lipinski definition) is 4. The molecule has 5 nitrogen and oxygen atoms in total. The van der Waals surface area contributed by atoms with Crippen LogP contribution in [0.4, 0.5) is 11.4 Å². The van der Waals surface area contributed by atoms with E-state index in [1.165, 1.54) is 0 Å². The third kappa shape index (κ3) is 3.51. The van der Waals surface area contributed by atoms with Gasteiger partial charge in [-0.3, -0.25) is 15.2 Å². The topological polar surface area (TPSA) is 57.6 Å². The molecule has 0 aliphatic carbocycles. The molecule has 0 spiro atoms. The van der Waals surface area contributed by atoms with Crippen molar-refractivity contribution in [2.75, 3.05) is 5.01 Å². The molecule has 1 aromatic heterocycles. The van der Waals surface area contributed by atoms with Crippen molar-refractivity contribution < 1.29 is 4.79 Å². The number of hydrazine groups is 1. The maximum absolute atomic E-state index is 12.4. The summed E-state index contributed by atoms with van der Waals surface area (Å²) >= 11 is 0. The molecule has 1 aliphatic rings. The Labute approximate surface area is 148 Å². The van der Waals surface area contributed by atoms with Gasteiger partial charge in [0.25, 0.3) is 0 Å². The highest BCUT2D eigenvalue weighted by Gasteiger charge is 2.25. The van der Waals surface area contributed by atoms with Crippen molar-refractivity contribution in [3.63, 3.8) is 0 Å². The van der Waals surface area contributed by atoms with Gasteiger partial charge in [-0.25, -0.2) is 10.0 Å². The van der Waals surface area contributed by atoms with Crippen LogP contribution in [0.15, 0.2) is 35.5 Å². The third-order valence-electron chi connectivity index (χ3n) is 4.02. The Balaban J connectivity index is 0.00000208. The van der Waals surface area contributed by atoms with Crippen LogP contribution >= 0.6 is 12.4 Å². The number of nitrogens with zero attached hydrogens (tertiary/aromatic N) is 3. The number of carbonyl (C=O) groups excluding carboxylic acids is 1. The Morgan fingerprint density at radius 1 is 1.21 bits per heavy atom. The number of unbranched alkanes of at least 4 members (excludes halogenated alkanes) is 2. The second-order valence-electron chi connectivity index (χ2n) is 5.72. The molecule has 6 heteroatoms. The summed E-state index contributed by atoms with van der Waals surface area (Å²) in [4.78, 5) is 21.6. The van der Waals surface area contributed by atoms with E-state index in [1.807, 2.05) is 31.2 Å². The van der Waals surface area contributed by atoms with Gasteiger partial charge in [-0.2, -0.15) is 0 Å². The number of hydrogen-bond donors (Lipinski definition) is 1. The SMILES string of the molecule is CCCCCC1=Nc2cnc3ccccc3c2N(C(=O)CC)N1.Cl. The van der Waals surface area contributed by atoms with Crippen LogP contribution in [-0.2, 0) is 4.79 Å². The number of amidine groups is 1. The Morgan fingerprint density at radius 2 is 2.00 bits per heavy atom. The lowest BCUT2D eigenvalue weighted by Gasteiger charge is -2.30. The Hall–Kier alpha value is -2.14. The van der Waals surface area contributed by atoms with Gasteiger partial charge in [-0.1, -0.05) is 44.9 Å². The van der Waals surface area contributed by atoms with Crippen LogP contribution in [0.2, 0.25) is 0 Å². The number of amides is 1. The summed E-state index contributed by atoms with van der Waals surface area (Å²) in [6.07, 6.45) is 6.42. The number of aliphatic imine (C=N–C) groups is 1. The number of rotatable bonds is 5. The van der Waals surface area contributed by atoms with Gasteiger partial charge in [0, 0.05) is 18.2 Å². The van der Waals surface area contributed by atoms with Gasteiger partial charge in [0.15, 0.2) is 0 Å². The molecule has 24 heavy (non-hydrogen) atoms. The van der Waals surface area contributed by atoms with Gasteiger partial charge in [0.05, 0.1) is 11.7 Å². The summed E-state index contributed by atoms with van der Waals surface area (Å²) in [6.45, 7) is 4.05. The molecule has 1 N–H and O–H groups in total. The molecule has 0 saturated carbocycles. The van der Waals surface area contributed by atoms with E-state index in [2.05, 4.69) is 22.3 Å². The molecular weight excluding hydrogens is 324 g/mol. The predicted molar refractivity (Wildman–Crippen MR) is 101 cm³/mol. The van der Waals surface area contributed by atoms with E-state index in [0.717, 1.165) is 53.8 Å². The first-order valence-corrected chi connectivity index (χ1v) is 8.29. The molecule has 128 valence electrons. The highest BCUT2D eigenvalue weighted by atomic mass is 35.5. The molecule has 1 amide bonds. The maximum Gasteiger partial charge on any atom is 0.245 e. The van der Waals surface area contributed by atoms with Crippen molar-refractivity contribution in [2.24, 2.45) is 4.99 Å². The molecule has 0 saturated heterocycles. The number of anilines is 1. The van der Waals surface area contributed by atoms with Gasteiger partial charge in [-0.15, -0.1) is 12.4 Å². The van der Waals surface area contributed by atoms with Gasteiger partial charge >= 0.3 is 0 Å². The average molecular weight is 347 g/mol. The van der Waals surface area contributed by atoms with Crippen molar-refractivity contribution in [1.29, 1.82) is 0 Å². The molecule has 2 heterocycles. The van der Waals surface area contributed by atoms with Crippen molar-refractivity contribution >= 4 is 46.4 Å². The van der Waals surface area contributed by atoms with Gasteiger partial charge < -0.3 is 0 Å². The average Bonchev–Trinajstić information content (AvgIpc) is 2.60. The number of carbonyl (C=O) groups is 1. The minimum Gasteiger partial charge on any atom is -0.278 e. The lowest BCUT2D eigenvalue weighted by Crippen LogP contribution is -2.48. The van der Waals surface area contributed by atoms with Crippen LogP contribution in [0.3, 0.4) is 0 Å². The molecule has 0 fully saturated rings. The fourth-order valence-corrected chi connectivity index (χ4v) is 2.79. The molecule has 0 atom stereocenters. The fraction of sp³-hybridized carbons (Fsp3) is 0.389. The van der Waals surface area contributed by atoms with Crippen molar-refractivity contribution in [3.05, 3.63) is 30.5 Å². The zero-order valence-electron chi connectivity index (χ0n) is 14.1. The first kappa shape index (κ1) is 18.2. The zero-order valence-corrected chi connectivity index (χ0v) is 14.9. The predicted octanol–water partition coefficient (Wildman–Crippen LogP) is 4.53. The number of benzene rings is 1. The Bertz CT molecular complexity index is 760. The molecule has 0 radical (unpaired) electrons. The van der Waals surface area contributed by atoms with E-state index in [9.17, 15) is 4.79 Å². The summed E-state index contributed by atoms with van der Waals surface area (Å²) in [5.74, 6) is 0.871. The van der Waals surface area contributed by atoms with Crippen molar-refractivity contribution in [1.82, 2.24) is 10.4 Å². The lowest BCUT2D eigenvalue weighted by molar-refractivity contribution is -0.118. The number of fused-ring (bicyclic) bond motifs is 3. The summed E-state index contributed by atoms with van der Waals surface area (Å²) in [5.41, 5.74) is 5.65. The van der Waals surface area contributed by atoms with Crippen LogP contribution < -0.4 is 10.4 Å². The van der Waals surface area contributed by atoms with Gasteiger partial charge in [-0.05, 0) is 12.5 Å². The smallest absolute Gasteiger partial charge is 0.245 e. The monoisotopic (exact) mass is 346 g/mol. The summed E-state index contributed by atoms with van der Waals surface area (Å²) in [7, 11) is 0. The lowest BCUT2D eigenvalue weighted by atomic mass is 10.1. The summed E-state index contributed by atoms with van der Waals surface area (Å²) < 4.78 is 0. The van der Waals surface area contributed by atoms with E-state index in [0.29, 0.717) is 6.42 Å². The van der Waals surface area contributed by atoms with Crippen LogP contribution in [0.1, 0.15) is 46.0 Å². The first-order chi connectivity index (χ1) is 11.2. The largest absolute Gasteiger partial charge is 0.278 e. The van der Waals surface area contributed by atoms with Crippen LogP contribution in [-0.4, -0.2) is 16.7 Å². The van der Waals surface area contributed by atoms with Gasteiger partial charge in [0.2, 0.25) is 5.91 Å². The maximum atomic E-state index is 12.4. The van der Waals surface area contributed by atoms with E-state index in [4.69, 9.17) is 0 Å². The minimum absolute atomic E-state index is 0. The number of pyridine rings is 1. The highest BCUT2D eigenvalue weighted by molar-refractivity contribution is 6.10. The van der Waals surface area contributed by atoms with E-state index in [1.54, 1.807) is 11.2 Å². The van der Waals surface area contributed by atoms with E-state index >= 15 is 0 Å². The molecule has 1 aromatic carbocycles. The minimum atomic E-state index is 0. The van der Waals surface area contributed by atoms with Crippen LogP contribution in [0.5, 0.6) is 0 Å². The zero-order chi connectivity index (χ0) is 16.2. The standard InChI is InChI=1S/C18H22N4O.ClH/c1-3-5-6-11-16-20-15-12-19-14-10-8-7-9-13(14)18(15)22(21-16)17(23)4-2;/h7-10,12H,3-6,11H2,1-2H3,(H,20,21);1H. The fourth-order valence-electron chi connectivity index (χ4n) is 2.79. The van der Waals surface area contributed by atoms with Crippen molar-refractivity contribution in [3.8, 4) is 0 Å². The molecular formula is C18H23ClN4O. The number of halogens is 1. The highest BCUT2D eigenvalue weighted by Crippen LogP contribution is 2.37. The first-order valence-electron chi connectivity index (χ1n) is 8.29. The Morgan fingerprint density at radius 3 is 2.75 bits per heavy atom. The second kappa shape index (κ2) is 8.11. The quantitative estimate of drug-likeness (QED) is 0.809. The third-order valence-corrected chi connectivity index (χ3v) is 4.02. The van der Waals surface area contributed by atoms with Crippen molar-refractivity contribution in [2.45, 2.75) is 46.0 Å². The Kier molecular flexibility index (Phi) is 6.15.